The fourth-order valence-electron chi connectivity index (χ4n) is 1.07. The zero-order valence-electron chi connectivity index (χ0n) is 6.74. The molecule has 0 aliphatic carbocycles. The molecule has 0 amide bonds. The quantitative estimate of drug-likeness (QED) is 0.689. The number of hydrogen-bond donors (Lipinski definition) is 0. The molecule has 2 rings (SSSR count). The number of rotatable bonds is 1. The van der Waals surface area contributed by atoms with Crippen LogP contribution in [-0.4, -0.2) is 9.97 Å². The van der Waals surface area contributed by atoms with Crippen molar-refractivity contribution in [2.24, 2.45) is 0 Å². The van der Waals surface area contributed by atoms with Crippen molar-refractivity contribution < 1.29 is 0 Å². The second-order valence-corrected chi connectivity index (χ2v) is 2.99. The molecule has 0 spiro atoms. The van der Waals surface area contributed by atoms with Crippen LogP contribution >= 0.6 is 11.6 Å². The van der Waals surface area contributed by atoms with E-state index in [0.717, 1.165) is 11.3 Å². The summed E-state index contributed by atoms with van der Waals surface area (Å²) in [6, 6.07) is 9.34. The van der Waals surface area contributed by atoms with Gasteiger partial charge >= 0.3 is 0 Å². The van der Waals surface area contributed by atoms with E-state index in [2.05, 4.69) is 16.3 Å². The first-order chi connectivity index (χ1) is 6.36. The fourth-order valence-corrected chi connectivity index (χ4v) is 1.26. The highest BCUT2D eigenvalue weighted by Crippen LogP contribution is 2.19. The summed E-state index contributed by atoms with van der Waals surface area (Å²) in [6.45, 7) is 0. The van der Waals surface area contributed by atoms with E-state index in [4.69, 9.17) is 11.6 Å². The Labute approximate surface area is 81.2 Å². The molecule has 1 aromatic carbocycles. The fraction of sp³-hybridized carbons (Fsp3) is 0. The van der Waals surface area contributed by atoms with Crippen LogP contribution in [0.1, 0.15) is 0 Å². The number of aromatic nitrogens is 2. The van der Waals surface area contributed by atoms with Gasteiger partial charge in [-0.1, -0.05) is 23.7 Å². The molecule has 0 aliphatic rings. The molecular formula is C10H6ClN2. The molecule has 0 saturated carbocycles. The van der Waals surface area contributed by atoms with Gasteiger partial charge in [-0.05, 0) is 18.2 Å². The van der Waals surface area contributed by atoms with E-state index in [1.54, 1.807) is 6.20 Å². The highest BCUT2D eigenvalue weighted by atomic mass is 35.5. The van der Waals surface area contributed by atoms with E-state index in [1.807, 2.05) is 30.3 Å². The average molecular weight is 190 g/mol. The van der Waals surface area contributed by atoms with E-state index in [1.165, 1.54) is 0 Å². The van der Waals surface area contributed by atoms with Crippen molar-refractivity contribution in [1.29, 1.82) is 0 Å². The Morgan fingerprint density at radius 3 is 2.85 bits per heavy atom. The van der Waals surface area contributed by atoms with E-state index in [9.17, 15) is 0 Å². The second-order valence-electron chi connectivity index (χ2n) is 2.55. The molecule has 1 aromatic heterocycles. The van der Waals surface area contributed by atoms with Gasteiger partial charge in [0.25, 0.3) is 0 Å². The van der Waals surface area contributed by atoms with Crippen LogP contribution in [-0.2, 0) is 0 Å². The first-order valence-electron chi connectivity index (χ1n) is 3.81. The van der Waals surface area contributed by atoms with Crippen LogP contribution in [0.5, 0.6) is 0 Å². The minimum absolute atomic E-state index is 0.705. The van der Waals surface area contributed by atoms with E-state index in [0.29, 0.717) is 5.02 Å². The molecule has 0 aliphatic heterocycles. The molecule has 1 radical (unpaired) electrons. The van der Waals surface area contributed by atoms with Gasteiger partial charge in [0, 0.05) is 16.8 Å². The Kier molecular flexibility index (Phi) is 2.23. The van der Waals surface area contributed by atoms with E-state index >= 15 is 0 Å². The van der Waals surface area contributed by atoms with E-state index in [-0.39, 0.29) is 0 Å². The predicted molar refractivity (Wildman–Crippen MR) is 51.3 cm³/mol. The molecule has 0 atom stereocenters. The summed E-state index contributed by atoms with van der Waals surface area (Å²) in [5, 5.41) is 0.705. The third kappa shape index (κ3) is 1.84. The molecule has 2 nitrogen and oxygen atoms in total. The van der Waals surface area contributed by atoms with Crippen molar-refractivity contribution in [3.63, 3.8) is 0 Å². The van der Waals surface area contributed by atoms with Crippen LogP contribution in [0.3, 0.4) is 0 Å². The third-order valence-corrected chi connectivity index (χ3v) is 1.89. The molecule has 0 N–H and O–H groups in total. The minimum atomic E-state index is 0.705. The Bertz CT molecular complexity index is 401. The maximum absolute atomic E-state index is 5.84. The molecular weight excluding hydrogens is 184 g/mol. The Morgan fingerprint density at radius 2 is 2.15 bits per heavy atom. The largest absolute Gasteiger partial charge is 0.234 e. The average Bonchev–Trinajstić information content (AvgIpc) is 2.19. The summed E-state index contributed by atoms with van der Waals surface area (Å²) in [5.41, 5.74) is 1.81. The van der Waals surface area contributed by atoms with Crippen LogP contribution in [0.4, 0.5) is 0 Å². The van der Waals surface area contributed by atoms with Crippen LogP contribution in [0.15, 0.2) is 36.5 Å². The molecule has 0 saturated heterocycles. The van der Waals surface area contributed by atoms with Crippen molar-refractivity contribution in [3.8, 4) is 11.3 Å². The van der Waals surface area contributed by atoms with Crippen molar-refractivity contribution in [1.82, 2.24) is 9.97 Å². The smallest absolute Gasteiger partial charge is 0.198 e. The van der Waals surface area contributed by atoms with Crippen molar-refractivity contribution in [2.75, 3.05) is 0 Å². The minimum Gasteiger partial charge on any atom is -0.234 e. The highest BCUT2D eigenvalue weighted by molar-refractivity contribution is 6.30. The monoisotopic (exact) mass is 189 g/mol. The molecule has 63 valence electrons. The SMILES string of the molecule is Clc1cccc(-c2ccn[c]n2)c1. The Balaban J connectivity index is 2.48. The van der Waals surface area contributed by atoms with Gasteiger partial charge in [0.2, 0.25) is 0 Å². The summed E-state index contributed by atoms with van der Waals surface area (Å²) in [4.78, 5) is 7.72. The van der Waals surface area contributed by atoms with Crippen molar-refractivity contribution >= 4 is 11.6 Å². The lowest BCUT2D eigenvalue weighted by atomic mass is 10.1. The maximum atomic E-state index is 5.84. The Morgan fingerprint density at radius 1 is 1.23 bits per heavy atom. The van der Waals surface area contributed by atoms with Crippen LogP contribution in [0, 0.1) is 6.33 Å². The molecule has 3 heteroatoms. The number of halogens is 1. The van der Waals surface area contributed by atoms with Gasteiger partial charge in [0.15, 0.2) is 6.33 Å². The van der Waals surface area contributed by atoms with Crippen LogP contribution < -0.4 is 0 Å². The molecule has 13 heavy (non-hydrogen) atoms. The topological polar surface area (TPSA) is 25.8 Å². The van der Waals surface area contributed by atoms with E-state index < -0.39 is 0 Å². The Hall–Kier alpha value is -1.41. The van der Waals surface area contributed by atoms with Gasteiger partial charge in [-0.25, -0.2) is 9.97 Å². The first kappa shape index (κ1) is 8.20. The maximum Gasteiger partial charge on any atom is 0.198 e. The molecule has 0 unspecified atom stereocenters. The van der Waals surface area contributed by atoms with Gasteiger partial charge in [-0.3, -0.25) is 0 Å². The van der Waals surface area contributed by atoms with Crippen molar-refractivity contribution in [3.05, 3.63) is 47.9 Å². The van der Waals surface area contributed by atoms with Gasteiger partial charge in [-0.15, -0.1) is 0 Å². The zero-order chi connectivity index (χ0) is 9.10. The zero-order valence-corrected chi connectivity index (χ0v) is 7.49. The summed E-state index contributed by atoms with van der Waals surface area (Å²) >= 11 is 5.84. The first-order valence-corrected chi connectivity index (χ1v) is 4.19. The normalized spacial score (nSPS) is 9.92. The number of hydrogen-bond acceptors (Lipinski definition) is 2. The van der Waals surface area contributed by atoms with Gasteiger partial charge in [-0.2, -0.15) is 0 Å². The van der Waals surface area contributed by atoms with Crippen LogP contribution in [0.25, 0.3) is 11.3 Å². The van der Waals surface area contributed by atoms with Gasteiger partial charge < -0.3 is 0 Å². The summed E-state index contributed by atoms with van der Waals surface area (Å²) in [6.07, 6.45) is 4.19. The summed E-state index contributed by atoms with van der Waals surface area (Å²) in [7, 11) is 0. The van der Waals surface area contributed by atoms with Gasteiger partial charge in [0.1, 0.15) is 0 Å². The lowest BCUT2D eigenvalue weighted by Gasteiger charge is -1.98. The third-order valence-electron chi connectivity index (χ3n) is 1.66. The summed E-state index contributed by atoms with van der Waals surface area (Å²) in [5.74, 6) is 0. The molecule has 1 heterocycles. The molecule has 0 fully saturated rings. The molecule has 0 bridgehead atoms. The second kappa shape index (κ2) is 3.54. The van der Waals surface area contributed by atoms with Crippen LogP contribution in [0.2, 0.25) is 5.02 Å². The number of nitrogens with zero attached hydrogens (tertiary/aromatic N) is 2. The van der Waals surface area contributed by atoms with Crippen molar-refractivity contribution in [2.45, 2.75) is 0 Å². The number of benzene rings is 1. The standard InChI is InChI=1S/C10H6ClN2/c11-9-3-1-2-8(6-9)10-4-5-12-7-13-10/h1-6H. The van der Waals surface area contributed by atoms with Gasteiger partial charge in [0.05, 0.1) is 5.69 Å². The predicted octanol–water partition coefficient (Wildman–Crippen LogP) is 2.60. The lowest BCUT2D eigenvalue weighted by molar-refractivity contribution is 1.15. The lowest BCUT2D eigenvalue weighted by Crippen LogP contribution is -1.83. The highest BCUT2D eigenvalue weighted by Gasteiger charge is 1.97. The molecule has 2 aromatic rings. The summed E-state index contributed by atoms with van der Waals surface area (Å²) < 4.78 is 0.